The lowest BCUT2D eigenvalue weighted by Crippen LogP contribution is -2.41. The van der Waals surface area contributed by atoms with Crippen LogP contribution in [-0.4, -0.2) is 43.7 Å². The summed E-state index contributed by atoms with van der Waals surface area (Å²) >= 11 is 0. The maximum atomic E-state index is 13.2. The molecule has 7 heteroatoms. The van der Waals surface area contributed by atoms with Crippen molar-refractivity contribution in [3.8, 4) is 0 Å². The number of aryl methyl sites for hydroxylation is 2. The number of piperidine rings is 1. The average Bonchev–Trinajstić information content (AvgIpc) is 2.60. The number of esters is 1. The number of carbonyl (C=O) groups is 2. The van der Waals surface area contributed by atoms with Gasteiger partial charge in [0.1, 0.15) is 0 Å². The van der Waals surface area contributed by atoms with Crippen LogP contribution in [-0.2, 0) is 24.3 Å². The first-order valence-corrected chi connectivity index (χ1v) is 10.7. The van der Waals surface area contributed by atoms with Gasteiger partial charge in [0.05, 0.1) is 10.8 Å². The molecule has 0 aromatic heterocycles. The van der Waals surface area contributed by atoms with Crippen molar-refractivity contribution in [2.24, 2.45) is 5.92 Å². The van der Waals surface area contributed by atoms with E-state index in [-0.39, 0.29) is 24.8 Å². The number of benzene rings is 1. The Balaban J connectivity index is 2.16. The zero-order valence-electron chi connectivity index (χ0n) is 17.0. The Morgan fingerprint density at radius 1 is 1.07 bits per heavy atom. The van der Waals surface area contributed by atoms with Gasteiger partial charge < -0.3 is 4.74 Å². The summed E-state index contributed by atoms with van der Waals surface area (Å²) < 4.78 is 33.1. The number of ketones is 1. The van der Waals surface area contributed by atoms with E-state index in [0.717, 1.165) is 22.3 Å². The molecule has 1 fully saturated rings. The summed E-state index contributed by atoms with van der Waals surface area (Å²) in [5, 5.41) is 0. The van der Waals surface area contributed by atoms with Gasteiger partial charge in [-0.05, 0) is 76.6 Å². The molecular formula is C20H29NO5S. The first-order chi connectivity index (χ1) is 12.5. The lowest BCUT2D eigenvalue weighted by Gasteiger charge is -2.31. The molecule has 0 radical (unpaired) electrons. The van der Waals surface area contributed by atoms with Crippen LogP contribution in [0.4, 0.5) is 0 Å². The minimum atomic E-state index is -3.63. The van der Waals surface area contributed by atoms with E-state index in [4.69, 9.17) is 4.74 Å². The van der Waals surface area contributed by atoms with Crippen molar-refractivity contribution in [2.45, 2.75) is 65.4 Å². The van der Waals surface area contributed by atoms with Gasteiger partial charge in [-0.25, -0.2) is 8.42 Å². The second-order valence-electron chi connectivity index (χ2n) is 7.46. The molecular weight excluding hydrogens is 366 g/mol. The third kappa shape index (κ3) is 4.41. The van der Waals surface area contributed by atoms with E-state index in [0.29, 0.717) is 17.7 Å². The first kappa shape index (κ1) is 21.6. The van der Waals surface area contributed by atoms with E-state index in [1.807, 2.05) is 33.8 Å². The second-order valence-corrected chi connectivity index (χ2v) is 9.33. The summed E-state index contributed by atoms with van der Waals surface area (Å²) in [7, 11) is -3.63. The highest BCUT2D eigenvalue weighted by Gasteiger charge is 2.35. The number of carbonyl (C=O) groups excluding carboxylic acids is 2. The predicted molar refractivity (Wildman–Crippen MR) is 103 cm³/mol. The molecule has 1 aliphatic heterocycles. The molecule has 0 saturated carbocycles. The summed E-state index contributed by atoms with van der Waals surface area (Å²) in [5.74, 6) is -1.00. The van der Waals surface area contributed by atoms with Gasteiger partial charge in [-0.15, -0.1) is 0 Å². The highest BCUT2D eigenvalue weighted by molar-refractivity contribution is 7.89. The van der Waals surface area contributed by atoms with Crippen molar-refractivity contribution in [3.05, 3.63) is 28.3 Å². The van der Waals surface area contributed by atoms with Crippen LogP contribution >= 0.6 is 0 Å². The Bertz CT molecular complexity index is 825. The third-order valence-corrected chi connectivity index (χ3v) is 7.72. The number of Topliss-reactive ketones (excluding diaryl/α,β-unsaturated/α-hetero) is 1. The molecule has 6 nitrogen and oxygen atoms in total. The highest BCUT2D eigenvalue weighted by atomic mass is 32.2. The maximum absolute atomic E-state index is 13.2. The number of nitrogens with zero attached hydrogens (tertiary/aromatic N) is 1. The largest absolute Gasteiger partial charge is 0.454 e. The monoisotopic (exact) mass is 395 g/mol. The Hall–Kier alpha value is -1.73. The average molecular weight is 396 g/mol. The lowest BCUT2D eigenvalue weighted by molar-refractivity contribution is -0.158. The Kier molecular flexibility index (Phi) is 6.47. The van der Waals surface area contributed by atoms with Crippen LogP contribution in [0.25, 0.3) is 0 Å². The molecule has 0 N–H and O–H groups in total. The van der Waals surface area contributed by atoms with Crippen molar-refractivity contribution in [3.63, 3.8) is 0 Å². The topological polar surface area (TPSA) is 80.8 Å². The van der Waals surface area contributed by atoms with Crippen LogP contribution in [0.1, 0.15) is 48.9 Å². The quantitative estimate of drug-likeness (QED) is 0.716. The van der Waals surface area contributed by atoms with E-state index >= 15 is 0 Å². The van der Waals surface area contributed by atoms with Gasteiger partial charge in [0.15, 0.2) is 11.9 Å². The van der Waals surface area contributed by atoms with Crippen molar-refractivity contribution in [2.75, 3.05) is 13.1 Å². The molecule has 1 aliphatic rings. The van der Waals surface area contributed by atoms with Gasteiger partial charge in [-0.3, -0.25) is 9.59 Å². The summed E-state index contributed by atoms with van der Waals surface area (Å²) in [6.07, 6.45) is 0.0248. The van der Waals surface area contributed by atoms with Gasteiger partial charge in [0.25, 0.3) is 0 Å². The minimum Gasteiger partial charge on any atom is -0.454 e. The molecule has 27 heavy (non-hydrogen) atoms. The molecule has 150 valence electrons. The second kappa shape index (κ2) is 8.10. The van der Waals surface area contributed by atoms with Crippen LogP contribution in [0.2, 0.25) is 0 Å². The Morgan fingerprint density at radius 2 is 1.56 bits per heavy atom. The number of ether oxygens (including phenoxy) is 1. The van der Waals surface area contributed by atoms with Gasteiger partial charge in [0.2, 0.25) is 10.0 Å². The van der Waals surface area contributed by atoms with Gasteiger partial charge >= 0.3 is 5.97 Å². The van der Waals surface area contributed by atoms with Crippen LogP contribution in [0.15, 0.2) is 11.0 Å². The summed E-state index contributed by atoms with van der Waals surface area (Å²) in [6, 6.07) is 2.00. The van der Waals surface area contributed by atoms with Gasteiger partial charge in [-0.1, -0.05) is 6.07 Å². The number of rotatable bonds is 5. The van der Waals surface area contributed by atoms with Crippen molar-refractivity contribution >= 4 is 21.8 Å². The molecule has 0 bridgehead atoms. The van der Waals surface area contributed by atoms with Gasteiger partial charge in [-0.2, -0.15) is 4.31 Å². The zero-order chi connectivity index (χ0) is 20.5. The fourth-order valence-corrected chi connectivity index (χ4v) is 5.43. The fourth-order valence-electron chi connectivity index (χ4n) is 3.38. The molecule has 1 aromatic carbocycles. The number of sulfonamides is 1. The third-order valence-electron chi connectivity index (χ3n) is 5.55. The minimum absolute atomic E-state index is 0.205. The standard InChI is InChI=1S/C20H29NO5S/c1-12-11-13(2)15(4)19(14(12)3)27(24,25)21-9-7-18(8-10-21)20(23)26-17(6)16(5)22/h11,17-18H,7-10H2,1-6H3. The lowest BCUT2D eigenvalue weighted by atomic mass is 9.98. The molecule has 1 aromatic rings. The van der Waals surface area contributed by atoms with Crippen LogP contribution < -0.4 is 0 Å². The van der Waals surface area contributed by atoms with Crippen molar-refractivity contribution < 1.29 is 22.7 Å². The Labute approximate surface area is 161 Å². The zero-order valence-corrected chi connectivity index (χ0v) is 17.8. The van der Waals surface area contributed by atoms with Crippen molar-refractivity contribution in [1.29, 1.82) is 0 Å². The van der Waals surface area contributed by atoms with E-state index in [9.17, 15) is 18.0 Å². The molecule has 1 heterocycles. The van der Waals surface area contributed by atoms with Gasteiger partial charge in [0, 0.05) is 13.1 Å². The maximum Gasteiger partial charge on any atom is 0.309 e. The summed E-state index contributed by atoms with van der Waals surface area (Å²) in [4.78, 5) is 23.8. The molecule has 1 atom stereocenters. The van der Waals surface area contributed by atoms with E-state index in [1.54, 1.807) is 6.92 Å². The fraction of sp³-hybridized carbons (Fsp3) is 0.600. The smallest absolute Gasteiger partial charge is 0.309 e. The van der Waals surface area contributed by atoms with E-state index in [2.05, 4.69) is 0 Å². The van der Waals surface area contributed by atoms with Crippen LogP contribution in [0.5, 0.6) is 0 Å². The van der Waals surface area contributed by atoms with E-state index < -0.39 is 22.1 Å². The number of hydrogen-bond donors (Lipinski definition) is 0. The molecule has 0 aliphatic carbocycles. The normalized spacial score (nSPS) is 17.6. The predicted octanol–water partition coefficient (Wildman–Crippen LogP) is 2.84. The summed E-state index contributed by atoms with van der Waals surface area (Å²) in [5.41, 5.74) is 3.45. The molecule has 2 rings (SSSR count). The molecule has 1 unspecified atom stereocenters. The first-order valence-electron chi connectivity index (χ1n) is 9.25. The molecule has 0 amide bonds. The Morgan fingerprint density at radius 3 is 2.00 bits per heavy atom. The summed E-state index contributed by atoms with van der Waals surface area (Å²) in [6.45, 7) is 11.0. The van der Waals surface area contributed by atoms with E-state index in [1.165, 1.54) is 11.2 Å². The van der Waals surface area contributed by atoms with Crippen molar-refractivity contribution in [1.82, 2.24) is 4.31 Å². The van der Waals surface area contributed by atoms with Crippen LogP contribution in [0, 0.1) is 33.6 Å². The highest BCUT2D eigenvalue weighted by Crippen LogP contribution is 2.31. The SMILES string of the molecule is CC(=O)C(C)OC(=O)C1CCN(S(=O)(=O)c2c(C)c(C)cc(C)c2C)CC1. The molecule has 1 saturated heterocycles. The number of hydrogen-bond acceptors (Lipinski definition) is 5. The van der Waals surface area contributed by atoms with Crippen LogP contribution in [0.3, 0.4) is 0 Å². The molecule has 0 spiro atoms.